The third kappa shape index (κ3) is 4.04. The third-order valence-corrected chi connectivity index (χ3v) is 4.95. The Morgan fingerprint density at radius 2 is 0.828 bits per heavy atom. The molecular formula is C27H22O2. The van der Waals surface area contributed by atoms with Crippen molar-refractivity contribution >= 4 is 11.1 Å². The minimum Gasteiger partial charge on any atom is -0.364 e. The second kappa shape index (κ2) is 8.70. The van der Waals surface area contributed by atoms with Gasteiger partial charge in [0.25, 0.3) is 0 Å². The van der Waals surface area contributed by atoms with E-state index in [1.807, 2.05) is 72.8 Å². The van der Waals surface area contributed by atoms with Gasteiger partial charge in [0, 0.05) is 5.56 Å². The fourth-order valence-corrected chi connectivity index (χ4v) is 3.65. The van der Waals surface area contributed by atoms with E-state index < -0.39 is 6.29 Å². The van der Waals surface area contributed by atoms with Crippen molar-refractivity contribution in [1.29, 1.82) is 0 Å². The van der Waals surface area contributed by atoms with Gasteiger partial charge in [0.2, 0.25) is 0 Å². The first-order valence-corrected chi connectivity index (χ1v) is 9.61. The first-order chi connectivity index (χ1) is 14.3. The SMILES string of the molecule is OC(O)c1ccccc1C(=C(c1ccccc1)c1ccccc1)c1ccccc1. The zero-order valence-electron chi connectivity index (χ0n) is 15.9. The smallest absolute Gasteiger partial charge is 0.179 e. The number of hydrogen-bond acceptors (Lipinski definition) is 2. The fraction of sp³-hybridized carbons (Fsp3) is 0.0370. The summed E-state index contributed by atoms with van der Waals surface area (Å²) in [5.74, 6) is 0. The van der Waals surface area contributed by atoms with E-state index in [2.05, 4.69) is 36.4 Å². The molecule has 0 saturated heterocycles. The molecule has 0 unspecified atom stereocenters. The van der Waals surface area contributed by atoms with Gasteiger partial charge in [0.15, 0.2) is 6.29 Å². The molecule has 4 aromatic carbocycles. The number of aliphatic hydroxyl groups excluding tert-OH is 1. The van der Waals surface area contributed by atoms with Crippen molar-refractivity contribution in [2.45, 2.75) is 6.29 Å². The zero-order chi connectivity index (χ0) is 20.1. The lowest BCUT2D eigenvalue weighted by Crippen LogP contribution is -2.04. The van der Waals surface area contributed by atoms with Crippen molar-refractivity contribution < 1.29 is 10.2 Å². The Morgan fingerprint density at radius 3 is 1.28 bits per heavy atom. The molecule has 4 rings (SSSR count). The molecule has 142 valence electrons. The average Bonchev–Trinajstić information content (AvgIpc) is 2.79. The minimum absolute atomic E-state index is 0.482. The molecule has 29 heavy (non-hydrogen) atoms. The van der Waals surface area contributed by atoms with Crippen LogP contribution in [-0.2, 0) is 0 Å². The van der Waals surface area contributed by atoms with E-state index in [0.717, 1.165) is 33.4 Å². The second-order valence-electron chi connectivity index (χ2n) is 6.81. The number of hydrogen-bond donors (Lipinski definition) is 2. The van der Waals surface area contributed by atoms with Crippen LogP contribution >= 0.6 is 0 Å². The molecule has 0 aromatic heterocycles. The molecule has 0 aliphatic rings. The van der Waals surface area contributed by atoms with Gasteiger partial charge in [-0.2, -0.15) is 0 Å². The highest BCUT2D eigenvalue weighted by molar-refractivity contribution is 6.05. The van der Waals surface area contributed by atoms with Gasteiger partial charge >= 0.3 is 0 Å². The van der Waals surface area contributed by atoms with Crippen LogP contribution in [0.3, 0.4) is 0 Å². The summed E-state index contributed by atoms with van der Waals surface area (Å²) in [5.41, 5.74) is 6.45. The van der Waals surface area contributed by atoms with Gasteiger partial charge in [-0.3, -0.25) is 0 Å². The van der Waals surface area contributed by atoms with Crippen LogP contribution in [0.15, 0.2) is 115 Å². The minimum atomic E-state index is -1.56. The number of aliphatic hydroxyl groups is 2. The first-order valence-electron chi connectivity index (χ1n) is 9.61. The molecule has 0 aliphatic heterocycles. The Kier molecular flexibility index (Phi) is 5.66. The lowest BCUT2D eigenvalue weighted by molar-refractivity contribution is -0.0426. The summed E-state index contributed by atoms with van der Waals surface area (Å²) in [6, 6.07) is 38.0. The van der Waals surface area contributed by atoms with Gasteiger partial charge < -0.3 is 10.2 Å². The summed E-state index contributed by atoms with van der Waals surface area (Å²) in [5, 5.41) is 20.1. The van der Waals surface area contributed by atoms with Gasteiger partial charge in [-0.05, 0) is 33.4 Å². The van der Waals surface area contributed by atoms with Gasteiger partial charge in [-0.15, -0.1) is 0 Å². The van der Waals surface area contributed by atoms with Crippen LogP contribution in [0.25, 0.3) is 11.1 Å². The summed E-state index contributed by atoms with van der Waals surface area (Å²) >= 11 is 0. The van der Waals surface area contributed by atoms with Crippen LogP contribution in [0, 0.1) is 0 Å². The van der Waals surface area contributed by atoms with E-state index in [4.69, 9.17) is 0 Å². The Hall–Kier alpha value is -3.46. The van der Waals surface area contributed by atoms with Crippen molar-refractivity contribution in [3.05, 3.63) is 143 Å². The summed E-state index contributed by atoms with van der Waals surface area (Å²) in [6.45, 7) is 0. The Balaban J connectivity index is 2.14. The summed E-state index contributed by atoms with van der Waals surface area (Å²) in [4.78, 5) is 0. The van der Waals surface area contributed by atoms with Crippen molar-refractivity contribution in [3.8, 4) is 0 Å². The molecule has 2 N–H and O–H groups in total. The van der Waals surface area contributed by atoms with E-state index in [9.17, 15) is 10.2 Å². The predicted octanol–water partition coefficient (Wildman–Crippen LogP) is 5.68. The molecular weight excluding hydrogens is 356 g/mol. The molecule has 0 atom stereocenters. The molecule has 0 amide bonds. The van der Waals surface area contributed by atoms with E-state index in [0.29, 0.717) is 5.56 Å². The van der Waals surface area contributed by atoms with Crippen molar-refractivity contribution in [2.75, 3.05) is 0 Å². The Bertz CT molecular complexity index is 1060. The van der Waals surface area contributed by atoms with E-state index >= 15 is 0 Å². The van der Waals surface area contributed by atoms with Crippen LogP contribution in [0.4, 0.5) is 0 Å². The van der Waals surface area contributed by atoms with Crippen LogP contribution in [-0.4, -0.2) is 10.2 Å². The van der Waals surface area contributed by atoms with Gasteiger partial charge in [0.05, 0.1) is 0 Å². The molecule has 0 fully saturated rings. The Morgan fingerprint density at radius 1 is 0.448 bits per heavy atom. The maximum atomic E-state index is 10.1. The number of benzene rings is 4. The van der Waals surface area contributed by atoms with Gasteiger partial charge in [0.1, 0.15) is 0 Å². The maximum Gasteiger partial charge on any atom is 0.179 e. The molecule has 0 spiro atoms. The van der Waals surface area contributed by atoms with Gasteiger partial charge in [-0.1, -0.05) is 115 Å². The molecule has 2 nitrogen and oxygen atoms in total. The van der Waals surface area contributed by atoms with Gasteiger partial charge in [-0.25, -0.2) is 0 Å². The molecule has 0 heterocycles. The summed E-state index contributed by atoms with van der Waals surface area (Å²) in [6.07, 6.45) is -1.56. The quantitative estimate of drug-likeness (QED) is 0.347. The maximum absolute atomic E-state index is 10.1. The highest BCUT2D eigenvalue weighted by Gasteiger charge is 2.20. The van der Waals surface area contributed by atoms with E-state index in [-0.39, 0.29) is 0 Å². The largest absolute Gasteiger partial charge is 0.364 e. The topological polar surface area (TPSA) is 40.5 Å². The highest BCUT2D eigenvalue weighted by atomic mass is 16.5. The standard InChI is InChI=1S/C27H22O2/c28-27(29)24-19-11-10-18-23(24)26(22-16-8-3-9-17-22)25(20-12-4-1-5-13-20)21-14-6-2-7-15-21/h1-19,27-29H. The number of rotatable bonds is 5. The van der Waals surface area contributed by atoms with Crippen molar-refractivity contribution in [1.82, 2.24) is 0 Å². The van der Waals surface area contributed by atoms with Crippen LogP contribution in [0.5, 0.6) is 0 Å². The highest BCUT2D eigenvalue weighted by Crippen LogP contribution is 2.38. The lowest BCUT2D eigenvalue weighted by atomic mass is 9.84. The monoisotopic (exact) mass is 378 g/mol. The molecule has 0 bridgehead atoms. The predicted molar refractivity (Wildman–Crippen MR) is 118 cm³/mol. The molecule has 2 heteroatoms. The van der Waals surface area contributed by atoms with Crippen LogP contribution in [0.1, 0.15) is 34.1 Å². The van der Waals surface area contributed by atoms with Crippen LogP contribution < -0.4 is 0 Å². The molecule has 4 aromatic rings. The second-order valence-corrected chi connectivity index (χ2v) is 6.81. The lowest BCUT2D eigenvalue weighted by Gasteiger charge is -2.21. The van der Waals surface area contributed by atoms with E-state index in [1.54, 1.807) is 6.07 Å². The molecule has 0 aliphatic carbocycles. The zero-order valence-corrected chi connectivity index (χ0v) is 15.9. The van der Waals surface area contributed by atoms with Crippen molar-refractivity contribution in [3.63, 3.8) is 0 Å². The molecule has 0 saturated carbocycles. The first kappa shape index (κ1) is 18.9. The third-order valence-electron chi connectivity index (χ3n) is 4.95. The van der Waals surface area contributed by atoms with Crippen LogP contribution in [0.2, 0.25) is 0 Å². The van der Waals surface area contributed by atoms with Crippen molar-refractivity contribution in [2.24, 2.45) is 0 Å². The Labute approximate surface area is 171 Å². The summed E-state index contributed by atoms with van der Waals surface area (Å²) in [7, 11) is 0. The normalized spacial score (nSPS) is 10.7. The fourth-order valence-electron chi connectivity index (χ4n) is 3.65. The average molecular weight is 378 g/mol. The summed E-state index contributed by atoms with van der Waals surface area (Å²) < 4.78 is 0. The molecule has 0 radical (unpaired) electrons. The van der Waals surface area contributed by atoms with E-state index in [1.165, 1.54) is 0 Å².